The monoisotopic (exact) mass is 512 g/mol. The Morgan fingerprint density at radius 2 is 1.94 bits per heavy atom. The Kier molecular flexibility index (Phi) is 8.50. The highest BCUT2D eigenvalue weighted by atomic mass is 32.1. The summed E-state index contributed by atoms with van der Waals surface area (Å²) in [4.78, 5) is 28.1. The Morgan fingerprint density at radius 1 is 1.17 bits per heavy atom. The van der Waals surface area contributed by atoms with Gasteiger partial charge in [-0.1, -0.05) is 54.5 Å². The van der Waals surface area contributed by atoms with Crippen LogP contribution in [-0.4, -0.2) is 70.7 Å². The standard InChI is InChI=1S/C26H32N4O5S/c1-4-5-10-29-14-19(16-35-12-11-34-3)30-15-20(23(31)24(32)22(30)26(29)33)25-28-27-21(36-25)13-18-8-6-17(2)7-9-18/h6-9,15,19,32H,4-5,10-14,16H2,1-3H3/t19-/m1/s1. The number of unbranched alkanes of at least 4 members (excludes halogenated alkanes) is 1. The molecule has 0 unspecified atom stereocenters. The number of hydrogen-bond acceptors (Lipinski definition) is 8. The zero-order valence-electron chi connectivity index (χ0n) is 20.9. The van der Waals surface area contributed by atoms with Crippen LogP contribution < -0.4 is 5.43 Å². The molecule has 192 valence electrons. The minimum Gasteiger partial charge on any atom is -0.503 e. The first-order chi connectivity index (χ1) is 17.4. The number of ether oxygens (including phenoxy) is 2. The van der Waals surface area contributed by atoms with E-state index in [1.54, 1.807) is 22.8 Å². The zero-order chi connectivity index (χ0) is 25.7. The van der Waals surface area contributed by atoms with E-state index >= 15 is 0 Å². The van der Waals surface area contributed by atoms with Gasteiger partial charge in [-0.05, 0) is 18.9 Å². The van der Waals surface area contributed by atoms with E-state index in [2.05, 4.69) is 17.1 Å². The number of methoxy groups -OCH3 is 1. The number of hydrogen-bond donors (Lipinski definition) is 1. The number of fused-ring (bicyclic) bond motifs is 1. The van der Waals surface area contributed by atoms with E-state index in [1.165, 1.54) is 16.9 Å². The van der Waals surface area contributed by atoms with Crippen molar-refractivity contribution >= 4 is 17.2 Å². The summed E-state index contributed by atoms with van der Waals surface area (Å²) in [5, 5.41) is 20.6. The predicted molar refractivity (Wildman–Crippen MR) is 138 cm³/mol. The van der Waals surface area contributed by atoms with Crippen LogP contribution in [0, 0.1) is 6.92 Å². The van der Waals surface area contributed by atoms with Crippen molar-refractivity contribution in [1.82, 2.24) is 19.7 Å². The summed E-state index contributed by atoms with van der Waals surface area (Å²) in [5.74, 6) is -0.911. The topological polar surface area (TPSA) is 107 Å². The number of carbonyl (C=O) groups is 1. The summed E-state index contributed by atoms with van der Waals surface area (Å²) >= 11 is 1.31. The third kappa shape index (κ3) is 5.66. The average Bonchev–Trinajstić information content (AvgIpc) is 3.33. The minimum atomic E-state index is -0.621. The van der Waals surface area contributed by atoms with Gasteiger partial charge in [-0.2, -0.15) is 0 Å². The second-order valence-corrected chi connectivity index (χ2v) is 10.0. The van der Waals surface area contributed by atoms with Gasteiger partial charge in [0.2, 0.25) is 5.43 Å². The number of aromatic hydroxyl groups is 1. The Morgan fingerprint density at radius 3 is 2.67 bits per heavy atom. The van der Waals surface area contributed by atoms with Gasteiger partial charge in [-0.3, -0.25) is 9.59 Å². The van der Waals surface area contributed by atoms with Gasteiger partial charge in [0.05, 0.1) is 31.4 Å². The smallest absolute Gasteiger partial charge is 0.274 e. The maximum atomic E-state index is 13.2. The number of nitrogens with zero attached hydrogens (tertiary/aromatic N) is 4. The number of carbonyl (C=O) groups excluding carboxylic acids is 1. The lowest BCUT2D eigenvalue weighted by Crippen LogP contribution is -2.46. The molecule has 1 N–H and O–H groups in total. The normalized spacial score (nSPS) is 15.4. The van der Waals surface area contributed by atoms with Gasteiger partial charge in [0.15, 0.2) is 16.5 Å². The van der Waals surface area contributed by atoms with Gasteiger partial charge in [-0.25, -0.2) is 0 Å². The highest BCUT2D eigenvalue weighted by molar-refractivity contribution is 7.14. The van der Waals surface area contributed by atoms with E-state index in [0.29, 0.717) is 44.3 Å². The van der Waals surface area contributed by atoms with Crippen LogP contribution in [-0.2, 0) is 15.9 Å². The van der Waals surface area contributed by atoms with Crippen molar-refractivity contribution < 1.29 is 19.4 Å². The summed E-state index contributed by atoms with van der Waals surface area (Å²) in [6.07, 6.45) is 3.98. The Balaban J connectivity index is 1.67. The molecular formula is C26H32N4O5S. The molecule has 36 heavy (non-hydrogen) atoms. The predicted octanol–water partition coefficient (Wildman–Crippen LogP) is 3.43. The molecule has 2 aromatic heterocycles. The quantitative estimate of drug-likeness (QED) is 0.392. The van der Waals surface area contributed by atoms with Crippen LogP contribution in [0.4, 0.5) is 0 Å². The summed E-state index contributed by atoms with van der Waals surface area (Å²) in [5.41, 5.74) is 1.87. The first-order valence-electron chi connectivity index (χ1n) is 12.1. The van der Waals surface area contributed by atoms with Gasteiger partial charge in [0.25, 0.3) is 5.91 Å². The molecule has 3 aromatic rings. The van der Waals surface area contributed by atoms with E-state index in [0.717, 1.165) is 23.4 Å². The molecule has 0 saturated heterocycles. The second-order valence-electron chi connectivity index (χ2n) is 8.97. The van der Waals surface area contributed by atoms with Crippen LogP contribution in [0.15, 0.2) is 35.3 Å². The largest absolute Gasteiger partial charge is 0.503 e. The summed E-state index contributed by atoms with van der Waals surface area (Å²) < 4.78 is 12.5. The van der Waals surface area contributed by atoms with E-state index in [4.69, 9.17) is 9.47 Å². The van der Waals surface area contributed by atoms with Crippen LogP contribution in [0.1, 0.15) is 52.4 Å². The highest BCUT2D eigenvalue weighted by Gasteiger charge is 2.35. The molecule has 0 radical (unpaired) electrons. The van der Waals surface area contributed by atoms with Crippen LogP contribution in [0.5, 0.6) is 5.75 Å². The minimum absolute atomic E-state index is 0.00385. The molecular weight excluding hydrogens is 480 g/mol. The number of benzene rings is 1. The molecule has 1 atom stereocenters. The van der Waals surface area contributed by atoms with Crippen LogP contribution in [0.3, 0.4) is 0 Å². The van der Waals surface area contributed by atoms with Crippen molar-refractivity contribution in [2.24, 2.45) is 0 Å². The molecule has 0 fully saturated rings. The number of rotatable bonds is 11. The van der Waals surface area contributed by atoms with Crippen LogP contribution >= 0.6 is 11.3 Å². The van der Waals surface area contributed by atoms with Crippen molar-refractivity contribution in [2.75, 3.05) is 40.0 Å². The summed E-state index contributed by atoms with van der Waals surface area (Å²) in [6, 6.07) is 7.90. The van der Waals surface area contributed by atoms with Gasteiger partial charge in [-0.15, -0.1) is 10.2 Å². The van der Waals surface area contributed by atoms with Crippen LogP contribution in [0.2, 0.25) is 0 Å². The molecule has 3 heterocycles. The van der Waals surface area contributed by atoms with Crippen molar-refractivity contribution in [3.05, 3.63) is 62.5 Å². The van der Waals surface area contributed by atoms with Crippen molar-refractivity contribution in [3.8, 4) is 16.3 Å². The molecule has 1 aliphatic rings. The van der Waals surface area contributed by atoms with Gasteiger partial charge < -0.3 is 24.0 Å². The fraction of sp³-hybridized carbons (Fsp3) is 0.462. The maximum absolute atomic E-state index is 13.2. The fourth-order valence-corrected chi connectivity index (χ4v) is 5.08. The van der Waals surface area contributed by atoms with Crippen LogP contribution in [0.25, 0.3) is 10.6 Å². The molecule has 1 amide bonds. The fourth-order valence-electron chi connectivity index (χ4n) is 4.20. The lowest BCUT2D eigenvalue weighted by Gasteiger charge is -2.36. The Bertz CT molecular complexity index is 1250. The van der Waals surface area contributed by atoms with Crippen molar-refractivity contribution in [3.63, 3.8) is 0 Å². The molecule has 1 aliphatic heterocycles. The van der Waals surface area contributed by atoms with E-state index < -0.39 is 11.2 Å². The van der Waals surface area contributed by atoms with Crippen molar-refractivity contribution in [1.29, 1.82) is 0 Å². The molecule has 0 aliphatic carbocycles. The molecule has 0 saturated carbocycles. The van der Waals surface area contributed by atoms with E-state index in [-0.39, 0.29) is 23.2 Å². The highest BCUT2D eigenvalue weighted by Crippen LogP contribution is 2.31. The average molecular weight is 513 g/mol. The lowest BCUT2D eigenvalue weighted by molar-refractivity contribution is 0.0339. The first-order valence-corrected chi connectivity index (χ1v) is 13.0. The maximum Gasteiger partial charge on any atom is 0.274 e. The molecule has 1 aromatic carbocycles. The molecule has 10 heteroatoms. The molecule has 9 nitrogen and oxygen atoms in total. The van der Waals surface area contributed by atoms with Gasteiger partial charge in [0, 0.05) is 32.8 Å². The van der Waals surface area contributed by atoms with Gasteiger partial charge in [0.1, 0.15) is 5.01 Å². The Hall–Kier alpha value is -3.08. The number of aryl methyl sites for hydroxylation is 1. The molecule has 4 rings (SSSR count). The zero-order valence-corrected chi connectivity index (χ0v) is 21.7. The number of amides is 1. The summed E-state index contributed by atoms with van der Waals surface area (Å²) in [6.45, 7) is 6.23. The summed E-state index contributed by atoms with van der Waals surface area (Å²) in [7, 11) is 1.61. The lowest BCUT2D eigenvalue weighted by atomic mass is 10.1. The van der Waals surface area contributed by atoms with Crippen molar-refractivity contribution in [2.45, 2.75) is 39.2 Å². The second kappa shape index (κ2) is 11.8. The number of pyridine rings is 1. The first kappa shape index (κ1) is 26.0. The third-order valence-corrected chi connectivity index (χ3v) is 7.18. The van der Waals surface area contributed by atoms with E-state index in [9.17, 15) is 14.7 Å². The van der Waals surface area contributed by atoms with Gasteiger partial charge >= 0.3 is 0 Å². The Labute approximate surface area is 214 Å². The third-order valence-electron chi connectivity index (χ3n) is 6.22. The van der Waals surface area contributed by atoms with E-state index in [1.807, 2.05) is 31.2 Å². The molecule has 0 spiro atoms. The molecule has 0 bridgehead atoms. The number of aromatic nitrogens is 3. The SMILES string of the molecule is CCCCN1C[C@H](COCCOC)n2cc(-c3nnc(Cc4ccc(C)cc4)s3)c(=O)c(O)c2C1=O.